The summed E-state index contributed by atoms with van der Waals surface area (Å²) in [6, 6.07) is 6.63. The van der Waals surface area contributed by atoms with Crippen LogP contribution in [0.4, 0.5) is 11.5 Å². The Hall–Kier alpha value is -3.20. The molecule has 1 amide bonds. The molecule has 3 aromatic heterocycles. The summed E-state index contributed by atoms with van der Waals surface area (Å²) in [6.07, 6.45) is 7.43. The van der Waals surface area contributed by atoms with Crippen LogP contribution in [0.15, 0.2) is 30.6 Å². The van der Waals surface area contributed by atoms with Gasteiger partial charge in [0, 0.05) is 35.9 Å². The Morgan fingerprint density at radius 1 is 1.24 bits per heavy atom. The van der Waals surface area contributed by atoms with Crippen molar-refractivity contribution in [3.63, 3.8) is 0 Å². The summed E-state index contributed by atoms with van der Waals surface area (Å²) in [5, 5.41) is 22.1. The molecule has 0 saturated carbocycles. The quantitative estimate of drug-likeness (QED) is 0.517. The van der Waals surface area contributed by atoms with E-state index in [1.54, 1.807) is 0 Å². The van der Waals surface area contributed by atoms with Gasteiger partial charge in [0.1, 0.15) is 5.65 Å². The van der Waals surface area contributed by atoms with Crippen LogP contribution in [0.5, 0.6) is 0 Å². The minimum atomic E-state index is -0.484. The third-order valence-electron chi connectivity index (χ3n) is 6.07. The van der Waals surface area contributed by atoms with E-state index in [0.29, 0.717) is 23.3 Å². The Morgan fingerprint density at radius 2 is 2.03 bits per heavy atom. The molecule has 0 radical (unpaired) electrons. The Balaban J connectivity index is 1.39. The van der Waals surface area contributed by atoms with Crippen LogP contribution in [0.2, 0.25) is 0 Å². The SMILES string of the molecule is NC(=O)c1cnc2[nH]ccc2c1N[C@@H]1C[C@H]2CC[C@@H](C1)N2c1ccc(CO)nn1. The average molecular weight is 393 g/mol. The van der Waals surface area contributed by atoms with Crippen LogP contribution in [0.25, 0.3) is 11.0 Å². The number of carbonyl (C=O) groups is 1. The first-order valence-corrected chi connectivity index (χ1v) is 9.88. The molecule has 2 bridgehead atoms. The molecule has 0 aliphatic carbocycles. The summed E-state index contributed by atoms with van der Waals surface area (Å²) >= 11 is 0. The molecule has 2 fully saturated rings. The van der Waals surface area contributed by atoms with Crippen LogP contribution in [-0.4, -0.2) is 49.3 Å². The van der Waals surface area contributed by atoms with E-state index in [-0.39, 0.29) is 12.6 Å². The number of hydrogen-bond acceptors (Lipinski definition) is 7. The van der Waals surface area contributed by atoms with Gasteiger partial charge in [-0.15, -0.1) is 5.10 Å². The van der Waals surface area contributed by atoms with Crippen LogP contribution in [0.3, 0.4) is 0 Å². The second-order valence-corrected chi connectivity index (χ2v) is 7.80. The number of aromatic amines is 1. The maximum absolute atomic E-state index is 12.0. The zero-order valence-electron chi connectivity index (χ0n) is 15.9. The van der Waals surface area contributed by atoms with E-state index in [1.165, 1.54) is 6.20 Å². The fraction of sp³-hybridized carbons (Fsp3) is 0.400. The molecule has 0 spiro atoms. The number of carbonyl (C=O) groups excluding carboxylic acids is 1. The molecule has 5 N–H and O–H groups in total. The monoisotopic (exact) mass is 393 g/mol. The number of pyridine rings is 1. The van der Waals surface area contributed by atoms with Gasteiger partial charge in [-0.05, 0) is 43.9 Å². The van der Waals surface area contributed by atoms with E-state index in [4.69, 9.17) is 5.73 Å². The number of aliphatic hydroxyl groups is 1. The fourth-order valence-electron chi connectivity index (χ4n) is 4.80. The minimum absolute atomic E-state index is 0.103. The van der Waals surface area contributed by atoms with Crippen LogP contribution >= 0.6 is 0 Å². The standard InChI is InChI=1S/C20H23N7O2/c21-19(29)16-9-23-20-15(5-6-22-20)18(16)24-12-7-13-2-3-14(8-12)27(13)17-4-1-11(10-28)25-26-17/h1,4-6,9,12-14,28H,2-3,7-8,10H2,(H2,21,29)(H2,22,23,24)/t12-,13-,14+. The van der Waals surface area contributed by atoms with Crippen molar-refractivity contribution in [1.82, 2.24) is 20.2 Å². The summed E-state index contributed by atoms with van der Waals surface area (Å²) in [5.74, 6) is 0.380. The zero-order chi connectivity index (χ0) is 20.0. The summed E-state index contributed by atoms with van der Waals surface area (Å²) in [6.45, 7) is -0.103. The topological polar surface area (TPSA) is 133 Å². The predicted molar refractivity (Wildman–Crippen MR) is 109 cm³/mol. The molecule has 2 aliphatic heterocycles. The molecule has 29 heavy (non-hydrogen) atoms. The van der Waals surface area contributed by atoms with Crippen LogP contribution in [-0.2, 0) is 6.61 Å². The fourth-order valence-corrected chi connectivity index (χ4v) is 4.80. The van der Waals surface area contributed by atoms with Crippen molar-refractivity contribution >= 4 is 28.4 Å². The van der Waals surface area contributed by atoms with Crippen molar-refractivity contribution in [3.8, 4) is 0 Å². The predicted octanol–water partition coefficient (Wildman–Crippen LogP) is 1.56. The number of aliphatic hydroxyl groups excluding tert-OH is 1. The summed E-state index contributed by atoms with van der Waals surface area (Å²) in [5.41, 5.74) is 8.08. The molecule has 5 rings (SSSR count). The first kappa shape index (κ1) is 17.9. The first-order chi connectivity index (χ1) is 14.1. The van der Waals surface area contributed by atoms with Gasteiger partial charge in [0.2, 0.25) is 0 Å². The van der Waals surface area contributed by atoms with Gasteiger partial charge >= 0.3 is 0 Å². The van der Waals surface area contributed by atoms with E-state index in [2.05, 4.69) is 30.4 Å². The third-order valence-corrected chi connectivity index (χ3v) is 6.07. The molecule has 0 unspecified atom stereocenters. The molecule has 3 aromatic rings. The number of rotatable bonds is 5. The van der Waals surface area contributed by atoms with E-state index < -0.39 is 5.91 Å². The molecular formula is C20H23N7O2. The van der Waals surface area contributed by atoms with E-state index in [0.717, 1.165) is 48.2 Å². The first-order valence-electron chi connectivity index (χ1n) is 9.88. The molecule has 9 nitrogen and oxygen atoms in total. The van der Waals surface area contributed by atoms with Crippen molar-refractivity contribution < 1.29 is 9.90 Å². The number of hydrogen-bond donors (Lipinski definition) is 4. The second kappa shape index (κ2) is 7.00. The lowest BCUT2D eigenvalue weighted by molar-refractivity contribution is 0.100. The van der Waals surface area contributed by atoms with Crippen molar-refractivity contribution in [2.75, 3.05) is 10.2 Å². The average Bonchev–Trinajstić information content (AvgIpc) is 3.31. The maximum atomic E-state index is 12.0. The van der Waals surface area contributed by atoms with Crippen LogP contribution < -0.4 is 16.0 Å². The number of nitrogens with two attached hydrogens (primary N) is 1. The molecule has 2 aliphatic rings. The smallest absolute Gasteiger partial charge is 0.252 e. The molecule has 5 heterocycles. The van der Waals surface area contributed by atoms with Gasteiger partial charge in [0.25, 0.3) is 5.91 Å². The summed E-state index contributed by atoms with van der Waals surface area (Å²) in [4.78, 5) is 21.7. The number of anilines is 2. The number of piperidine rings is 1. The molecular weight excluding hydrogens is 370 g/mol. The van der Waals surface area contributed by atoms with E-state index >= 15 is 0 Å². The van der Waals surface area contributed by atoms with E-state index in [9.17, 15) is 9.90 Å². The number of primary amides is 1. The highest BCUT2D eigenvalue weighted by atomic mass is 16.3. The Kier molecular flexibility index (Phi) is 4.31. The number of nitrogens with one attached hydrogen (secondary N) is 2. The van der Waals surface area contributed by atoms with Crippen molar-refractivity contribution in [3.05, 3.63) is 41.9 Å². The molecule has 9 heteroatoms. The maximum Gasteiger partial charge on any atom is 0.252 e. The summed E-state index contributed by atoms with van der Waals surface area (Å²) < 4.78 is 0. The highest BCUT2D eigenvalue weighted by Crippen LogP contribution is 2.40. The Bertz CT molecular complexity index is 1030. The van der Waals surface area contributed by atoms with Gasteiger partial charge in [-0.3, -0.25) is 4.79 Å². The van der Waals surface area contributed by atoms with Crippen LogP contribution in [0, 0.1) is 0 Å². The van der Waals surface area contributed by atoms with Crippen molar-refractivity contribution in [2.45, 2.75) is 50.4 Å². The largest absolute Gasteiger partial charge is 0.390 e. The highest BCUT2D eigenvalue weighted by Gasteiger charge is 2.41. The third kappa shape index (κ3) is 3.07. The van der Waals surface area contributed by atoms with Gasteiger partial charge in [0.05, 0.1) is 23.6 Å². The number of aromatic nitrogens is 4. The zero-order valence-corrected chi connectivity index (χ0v) is 15.9. The lowest BCUT2D eigenvalue weighted by atomic mass is 9.96. The van der Waals surface area contributed by atoms with Gasteiger partial charge in [-0.25, -0.2) is 4.98 Å². The van der Waals surface area contributed by atoms with E-state index in [1.807, 2.05) is 24.4 Å². The van der Waals surface area contributed by atoms with Crippen molar-refractivity contribution in [1.29, 1.82) is 0 Å². The van der Waals surface area contributed by atoms with Gasteiger partial charge in [0.15, 0.2) is 5.82 Å². The van der Waals surface area contributed by atoms with Crippen molar-refractivity contribution in [2.24, 2.45) is 5.73 Å². The van der Waals surface area contributed by atoms with Gasteiger partial charge < -0.3 is 26.0 Å². The number of amides is 1. The Morgan fingerprint density at radius 3 is 2.69 bits per heavy atom. The highest BCUT2D eigenvalue weighted by molar-refractivity contribution is 6.06. The molecule has 2 saturated heterocycles. The second-order valence-electron chi connectivity index (χ2n) is 7.80. The Labute approximate surface area is 167 Å². The number of fused-ring (bicyclic) bond motifs is 3. The number of nitrogens with zero attached hydrogens (tertiary/aromatic N) is 4. The lowest BCUT2D eigenvalue weighted by Gasteiger charge is -2.40. The van der Waals surface area contributed by atoms with Crippen LogP contribution in [0.1, 0.15) is 41.7 Å². The van der Waals surface area contributed by atoms with Gasteiger partial charge in [-0.1, -0.05) is 0 Å². The summed E-state index contributed by atoms with van der Waals surface area (Å²) in [7, 11) is 0. The lowest BCUT2D eigenvalue weighted by Crippen LogP contribution is -2.47. The molecule has 150 valence electrons. The van der Waals surface area contributed by atoms with Gasteiger partial charge in [-0.2, -0.15) is 5.10 Å². The molecule has 0 aromatic carbocycles. The normalized spacial score (nSPS) is 23.5. The molecule has 3 atom stereocenters. The minimum Gasteiger partial charge on any atom is -0.390 e. The number of H-pyrrole nitrogens is 1.